The number of aromatic nitrogens is 3. The third kappa shape index (κ3) is 1.85. The van der Waals surface area contributed by atoms with Gasteiger partial charge in [-0.2, -0.15) is 0 Å². The maximum atomic E-state index is 12.4. The number of fused-ring (bicyclic) bond motifs is 1. The van der Waals surface area contributed by atoms with E-state index in [0.717, 1.165) is 38.0 Å². The zero-order valence-electron chi connectivity index (χ0n) is 11.0. The fourth-order valence-corrected chi connectivity index (χ4v) is 3.58. The first-order valence-electron chi connectivity index (χ1n) is 7.23. The van der Waals surface area contributed by atoms with Crippen molar-refractivity contribution in [1.29, 1.82) is 0 Å². The zero-order chi connectivity index (χ0) is 12.8. The Balaban J connectivity index is 1.46. The summed E-state index contributed by atoms with van der Waals surface area (Å²) >= 11 is 0. The van der Waals surface area contributed by atoms with Crippen LogP contribution in [-0.2, 0) is 0 Å². The minimum absolute atomic E-state index is 0.0629. The smallest absolute Gasteiger partial charge is 0.276 e. The first kappa shape index (κ1) is 11.4. The summed E-state index contributed by atoms with van der Waals surface area (Å²) in [5, 5.41) is 11.3. The van der Waals surface area contributed by atoms with Crippen molar-refractivity contribution in [2.24, 2.45) is 11.8 Å². The molecule has 0 aromatic carbocycles. The van der Waals surface area contributed by atoms with Gasteiger partial charge in [0.1, 0.15) is 0 Å². The van der Waals surface area contributed by atoms with Gasteiger partial charge in [0.25, 0.3) is 5.91 Å². The van der Waals surface area contributed by atoms with Gasteiger partial charge in [-0.05, 0) is 24.7 Å². The van der Waals surface area contributed by atoms with E-state index in [1.807, 2.05) is 15.8 Å². The van der Waals surface area contributed by atoms with Crippen molar-refractivity contribution in [2.45, 2.75) is 25.3 Å². The van der Waals surface area contributed by atoms with Crippen LogP contribution < -0.4 is 5.32 Å². The highest BCUT2D eigenvalue weighted by molar-refractivity contribution is 5.92. The van der Waals surface area contributed by atoms with Crippen LogP contribution in [0.1, 0.15) is 35.8 Å². The maximum Gasteiger partial charge on any atom is 0.276 e. The van der Waals surface area contributed by atoms with Crippen LogP contribution in [0.15, 0.2) is 6.20 Å². The van der Waals surface area contributed by atoms with Crippen molar-refractivity contribution >= 4 is 5.91 Å². The number of carbonyl (C=O) groups excluding carboxylic acids is 1. The lowest BCUT2D eigenvalue weighted by atomic mass is 10.0. The van der Waals surface area contributed by atoms with Crippen molar-refractivity contribution in [3.8, 4) is 0 Å². The summed E-state index contributed by atoms with van der Waals surface area (Å²) in [7, 11) is 0. The molecule has 3 fully saturated rings. The van der Waals surface area contributed by atoms with Gasteiger partial charge in [0.15, 0.2) is 5.69 Å². The second-order valence-corrected chi connectivity index (χ2v) is 6.06. The van der Waals surface area contributed by atoms with Gasteiger partial charge in [0, 0.05) is 26.2 Å². The molecule has 1 aromatic heterocycles. The Bertz CT molecular complexity index is 483. The minimum Gasteiger partial charge on any atom is -0.337 e. The molecule has 2 aliphatic heterocycles. The van der Waals surface area contributed by atoms with Crippen LogP contribution in [0, 0.1) is 11.8 Å². The first-order chi connectivity index (χ1) is 9.31. The number of hydrogen-bond donors (Lipinski definition) is 1. The van der Waals surface area contributed by atoms with Gasteiger partial charge in [-0.15, -0.1) is 5.10 Å². The van der Waals surface area contributed by atoms with Gasteiger partial charge < -0.3 is 10.2 Å². The molecule has 1 amide bonds. The Labute approximate surface area is 112 Å². The third-order valence-electron chi connectivity index (χ3n) is 4.88. The van der Waals surface area contributed by atoms with Crippen LogP contribution in [0.5, 0.6) is 0 Å². The molecule has 3 aliphatic rings. The largest absolute Gasteiger partial charge is 0.337 e. The molecule has 1 aromatic rings. The Kier molecular flexibility index (Phi) is 2.58. The summed E-state index contributed by atoms with van der Waals surface area (Å²) in [6.07, 6.45) is 5.72. The Morgan fingerprint density at radius 2 is 2.00 bits per heavy atom. The third-order valence-corrected chi connectivity index (χ3v) is 4.88. The summed E-state index contributed by atoms with van der Waals surface area (Å²) in [4.78, 5) is 14.4. The Morgan fingerprint density at radius 1 is 1.26 bits per heavy atom. The van der Waals surface area contributed by atoms with E-state index in [1.165, 1.54) is 19.3 Å². The van der Waals surface area contributed by atoms with E-state index >= 15 is 0 Å². The van der Waals surface area contributed by atoms with Crippen molar-refractivity contribution in [3.63, 3.8) is 0 Å². The van der Waals surface area contributed by atoms with E-state index in [2.05, 4.69) is 15.6 Å². The summed E-state index contributed by atoms with van der Waals surface area (Å²) in [5.74, 6) is 1.53. The van der Waals surface area contributed by atoms with E-state index in [9.17, 15) is 4.79 Å². The molecule has 1 aliphatic carbocycles. The molecule has 2 saturated heterocycles. The quantitative estimate of drug-likeness (QED) is 0.831. The van der Waals surface area contributed by atoms with Crippen LogP contribution in [-0.4, -0.2) is 52.0 Å². The SMILES string of the molecule is O=C(c1cn(C2CNC2)nn1)N1CC2CCCC2C1. The van der Waals surface area contributed by atoms with Gasteiger partial charge >= 0.3 is 0 Å². The molecule has 1 N–H and O–H groups in total. The molecule has 6 nitrogen and oxygen atoms in total. The highest BCUT2D eigenvalue weighted by Crippen LogP contribution is 2.38. The lowest BCUT2D eigenvalue weighted by molar-refractivity contribution is 0.0774. The lowest BCUT2D eigenvalue weighted by Gasteiger charge is -2.26. The molecule has 2 unspecified atom stereocenters. The van der Waals surface area contributed by atoms with E-state index < -0.39 is 0 Å². The average molecular weight is 261 g/mol. The highest BCUT2D eigenvalue weighted by Gasteiger charge is 2.38. The van der Waals surface area contributed by atoms with Crippen molar-refractivity contribution in [2.75, 3.05) is 26.2 Å². The molecule has 0 spiro atoms. The molecular formula is C13H19N5O. The van der Waals surface area contributed by atoms with E-state index in [1.54, 1.807) is 0 Å². The number of amides is 1. The monoisotopic (exact) mass is 261 g/mol. The standard InChI is InChI=1S/C13H19N5O/c19-13(17-6-9-2-1-3-10(9)7-17)12-8-18(16-15-12)11-4-14-5-11/h8-11,14H,1-7H2. The van der Waals surface area contributed by atoms with E-state index in [-0.39, 0.29) is 5.91 Å². The summed E-state index contributed by atoms with van der Waals surface area (Å²) < 4.78 is 1.82. The van der Waals surface area contributed by atoms with Crippen molar-refractivity contribution < 1.29 is 4.79 Å². The number of rotatable bonds is 2. The van der Waals surface area contributed by atoms with Gasteiger partial charge in [-0.1, -0.05) is 11.6 Å². The predicted octanol–water partition coefficient (Wildman–Crippen LogP) is 0.294. The predicted molar refractivity (Wildman–Crippen MR) is 68.7 cm³/mol. The summed E-state index contributed by atoms with van der Waals surface area (Å²) in [5.41, 5.74) is 0.506. The van der Waals surface area contributed by atoms with Gasteiger partial charge in [0.05, 0.1) is 12.2 Å². The fraction of sp³-hybridized carbons (Fsp3) is 0.769. The van der Waals surface area contributed by atoms with E-state index in [4.69, 9.17) is 0 Å². The molecule has 19 heavy (non-hydrogen) atoms. The second-order valence-electron chi connectivity index (χ2n) is 6.06. The maximum absolute atomic E-state index is 12.4. The normalized spacial score (nSPS) is 30.4. The second kappa shape index (κ2) is 4.30. The molecule has 1 saturated carbocycles. The van der Waals surface area contributed by atoms with Gasteiger partial charge in [-0.25, -0.2) is 4.68 Å². The summed E-state index contributed by atoms with van der Waals surface area (Å²) in [6, 6.07) is 0.368. The average Bonchev–Trinajstić information content (AvgIpc) is 2.99. The molecule has 102 valence electrons. The molecule has 3 heterocycles. The molecule has 6 heteroatoms. The molecule has 0 radical (unpaired) electrons. The summed E-state index contributed by atoms with van der Waals surface area (Å²) in [6.45, 7) is 3.68. The van der Waals surface area contributed by atoms with Gasteiger partial charge in [-0.3, -0.25) is 4.79 Å². The van der Waals surface area contributed by atoms with Crippen LogP contribution >= 0.6 is 0 Å². The number of nitrogens with zero attached hydrogens (tertiary/aromatic N) is 4. The number of carbonyl (C=O) groups is 1. The number of likely N-dealkylation sites (tertiary alicyclic amines) is 1. The van der Waals surface area contributed by atoms with Crippen LogP contribution in [0.2, 0.25) is 0 Å². The molecule has 2 atom stereocenters. The van der Waals surface area contributed by atoms with Crippen LogP contribution in [0.25, 0.3) is 0 Å². The minimum atomic E-state index is 0.0629. The van der Waals surface area contributed by atoms with E-state index in [0.29, 0.717) is 11.7 Å². The molecule has 4 rings (SSSR count). The Morgan fingerprint density at radius 3 is 2.63 bits per heavy atom. The lowest BCUT2D eigenvalue weighted by Crippen LogP contribution is -2.43. The van der Waals surface area contributed by atoms with Gasteiger partial charge in [0.2, 0.25) is 0 Å². The number of nitrogens with one attached hydrogen (secondary N) is 1. The van der Waals surface area contributed by atoms with Crippen molar-refractivity contribution in [3.05, 3.63) is 11.9 Å². The number of hydrogen-bond acceptors (Lipinski definition) is 4. The Hall–Kier alpha value is -1.43. The first-order valence-corrected chi connectivity index (χ1v) is 7.23. The topological polar surface area (TPSA) is 63.1 Å². The highest BCUT2D eigenvalue weighted by atomic mass is 16.2. The van der Waals surface area contributed by atoms with Crippen molar-refractivity contribution in [1.82, 2.24) is 25.2 Å². The fourth-order valence-electron chi connectivity index (χ4n) is 3.58. The van der Waals surface area contributed by atoms with Crippen LogP contribution in [0.3, 0.4) is 0 Å². The molecule has 0 bridgehead atoms. The molecular weight excluding hydrogens is 242 g/mol. The van der Waals surface area contributed by atoms with Crippen LogP contribution in [0.4, 0.5) is 0 Å². The zero-order valence-corrected chi connectivity index (χ0v) is 11.0.